The van der Waals surface area contributed by atoms with Crippen molar-refractivity contribution in [3.63, 3.8) is 0 Å². The Labute approximate surface area is 69.0 Å². The molecule has 0 aliphatic heterocycles. The summed E-state index contributed by atoms with van der Waals surface area (Å²) in [7, 11) is 2.02. The molecule has 1 N–H and O–H groups in total. The van der Waals surface area contributed by atoms with Crippen molar-refractivity contribution in [2.24, 2.45) is 5.92 Å². The highest BCUT2D eigenvalue weighted by Crippen LogP contribution is 2.07. The molecule has 0 aliphatic rings. The summed E-state index contributed by atoms with van der Waals surface area (Å²) in [6.07, 6.45) is 1.35. The average molecular weight is 161 g/mol. The van der Waals surface area contributed by atoms with Crippen molar-refractivity contribution in [1.29, 1.82) is 0 Å². The van der Waals surface area contributed by atoms with Gasteiger partial charge in [-0.25, -0.2) is 0 Å². The first-order valence-corrected chi connectivity index (χ1v) is 5.19. The van der Waals surface area contributed by atoms with Crippen LogP contribution in [0.15, 0.2) is 0 Å². The zero-order chi connectivity index (χ0) is 7.82. The van der Waals surface area contributed by atoms with Crippen LogP contribution in [0.2, 0.25) is 0 Å². The van der Waals surface area contributed by atoms with Crippen molar-refractivity contribution >= 4 is 11.8 Å². The lowest BCUT2D eigenvalue weighted by Crippen LogP contribution is -2.16. The Bertz CT molecular complexity index is 66.3. The molecular weight excluding hydrogens is 142 g/mol. The minimum Gasteiger partial charge on any atom is -0.319 e. The quantitative estimate of drug-likeness (QED) is 0.598. The van der Waals surface area contributed by atoms with E-state index < -0.39 is 0 Å². The van der Waals surface area contributed by atoms with Crippen LogP contribution >= 0.6 is 11.8 Å². The maximum Gasteiger partial charge on any atom is -0.00259 e. The fourth-order valence-electron chi connectivity index (χ4n) is 0.879. The first-order valence-electron chi connectivity index (χ1n) is 4.03. The molecule has 0 radical (unpaired) electrons. The predicted octanol–water partition coefficient (Wildman–Crippen LogP) is 1.99. The van der Waals surface area contributed by atoms with Crippen LogP contribution in [0.5, 0.6) is 0 Å². The van der Waals surface area contributed by atoms with Crippen molar-refractivity contribution in [2.45, 2.75) is 20.3 Å². The van der Waals surface area contributed by atoms with Crippen molar-refractivity contribution in [1.82, 2.24) is 5.32 Å². The van der Waals surface area contributed by atoms with Crippen LogP contribution in [0.3, 0.4) is 0 Å². The van der Waals surface area contributed by atoms with Gasteiger partial charge in [0.05, 0.1) is 0 Å². The van der Waals surface area contributed by atoms with Crippen LogP contribution in [-0.2, 0) is 0 Å². The van der Waals surface area contributed by atoms with E-state index in [9.17, 15) is 0 Å². The van der Waals surface area contributed by atoms with Gasteiger partial charge in [-0.1, -0.05) is 13.8 Å². The molecule has 0 spiro atoms. The Hall–Kier alpha value is 0.310. The van der Waals surface area contributed by atoms with Gasteiger partial charge >= 0.3 is 0 Å². The molecule has 0 amide bonds. The van der Waals surface area contributed by atoms with Gasteiger partial charge in [-0.05, 0) is 37.4 Å². The van der Waals surface area contributed by atoms with E-state index in [1.165, 1.54) is 17.9 Å². The number of nitrogens with one attached hydrogen (secondary N) is 1. The van der Waals surface area contributed by atoms with Crippen LogP contribution in [0.1, 0.15) is 20.3 Å². The average Bonchev–Trinajstić information content (AvgIpc) is 1.89. The second kappa shape index (κ2) is 7.42. The Morgan fingerprint density at radius 2 is 2.20 bits per heavy atom. The maximum absolute atomic E-state index is 3.19. The molecule has 0 rings (SSSR count). The molecule has 1 atom stereocenters. The van der Waals surface area contributed by atoms with Crippen LogP contribution < -0.4 is 5.32 Å². The molecule has 0 aromatic heterocycles. The van der Waals surface area contributed by atoms with E-state index in [0.717, 1.165) is 12.5 Å². The minimum absolute atomic E-state index is 0.837. The highest BCUT2D eigenvalue weighted by molar-refractivity contribution is 7.99. The fourth-order valence-corrected chi connectivity index (χ4v) is 1.74. The smallest absolute Gasteiger partial charge is 0.00259 e. The first kappa shape index (κ1) is 10.3. The lowest BCUT2D eigenvalue weighted by atomic mass is 10.1. The van der Waals surface area contributed by atoms with Gasteiger partial charge < -0.3 is 5.32 Å². The Kier molecular flexibility index (Phi) is 7.65. The molecule has 1 unspecified atom stereocenters. The molecule has 1 nitrogen and oxygen atoms in total. The van der Waals surface area contributed by atoms with E-state index in [2.05, 4.69) is 19.2 Å². The van der Waals surface area contributed by atoms with Gasteiger partial charge in [0, 0.05) is 0 Å². The van der Waals surface area contributed by atoms with E-state index in [0.29, 0.717) is 0 Å². The van der Waals surface area contributed by atoms with E-state index in [1.54, 1.807) is 0 Å². The number of hydrogen-bond donors (Lipinski definition) is 1. The summed E-state index contributed by atoms with van der Waals surface area (Å²) >= 11 is 2.03. The summed E-state index contributed by atoms with van der Waals surface area (Å²) in [4.78, 5) is 0. The summed E-state index contributed by atoms with van der Waals surface area (Å²) in [5, 5.41) is 3.19. The van der Waals surface area contributed by atoms with Crippen molar-refractivity contribution in [3.8, 4) is 0 Å². The monoisotopic (exact) mass is 161 g/mol. The Morgan fingerprint density at radius 3 is 2.70 bits per heavy atom. The highest BCUT2D eigenvalue weighted by Gasteiger charge is 1.98. The normalized spacial score (nSPS) is 13.5. The topological polar surface area (TPSA) is 12.0 Å². The van der Waals surface area contributed by atoms with E-state index >= 15 is 0 Å². The molecule has 0 aliphatic carbocycles. The minimum atomic E-state index is 0.837. The maximum atomic E-state index is 3.19. The molecule has 0 aromatic rings. The molecule has 0 bridgehead atoms. The summed E-state index contributed by atoms with van der Waals surface area (Å²) in [6.45, 7) is 5.67. The summed E-state index contributed by atoms with van der Waals surface area (Å²) in [6, 6.07) is 0. The SMILES string of the molecule is CCSCCC(C)CNC. The van der Waals surface area contributed by atoms with Crippen molar-refractivity contribution in [3.05, 3.63) is 0 Å². The zero-order valence-corrected chi connectivity index (χ0v) is 8.13. The van der Waals surface area contributed by atoms with E-state index in [1.807, 2.05) is 18.8 Å². The number of thioether (sulfide) groups is 1. The molecule has 0 fully saturated rings. The summed E-state index contributed by atoms with van der Waals surface area (Å²) in [5.74, 6) is 3.41. The predicted molar refractivity (Wildman–Crippen MR) is 50.7 cm³/mol. The van der Waals surface area contributed by atoms with Gasteiger partial charge in [-0.3, -0.25) is 0 Å². The molecular formula is C8H19NS. The van der Waals surface area contributed by atoms with Gasteiger partial charge in [0.15, 0.2) is 0 Å². The van der Waals surface area contributed by atoms with Gasteiger partial charge in [-0.2, -0.15) is 11.8 Å². The molecule has 0 aromatic carbocycles. The molecule has 0 saturated carbocycles. The van der Waals surface area contributed by atoms with Crippen LogP contribution in [0, 0.1) is 5.92 Å². The second-order valence-corrected chi connectivity index (χ2v) is 4.04. The first-order chi connectivity index (χ1) is 4.81. The second-order valence-electron chi connectivity index (χ2n) is 2.65. The lowest BCUT2D eigenvalue weighted by molar-refractivity contribution is 0.532. The standard InChI is InChI=1S/C8H19NS/c1-4-10-6-5-8(2)7-9-3/h8-9H,4-7H2,1-3H3. The van der Waals surface area contributed by atoms with Crippen LogP contribution in [0.4, 0.5) is 0 Å². The van der Waals surface area contributed by atoms with Crippen LogP contribution in [0.25, 0.3) is 0 Å². The Morgan fingerprint density at radius 1 is 1.50 bits per heavy atom. The van der Waals surface area contributed by atoms with Gasteiger partial charge in [0.1, 0.15) is 0 Å². The fraction of sp³-hybridized carbons (Fsp3) is 1.00. The summed E-state index contributed by atoms with van der Waals surface area (Å²) in [5.41, 5.74) is 0. The van der Waals surface area contributed by atoms with Gasteiger partial charge in [0.25, 0.3) is 0 Å². The van der Waals surface area contributed by atoms with Crippen molar-refractivity contribution < 1.29 is 0 Å². The highest BCUT2D eigenvalue weighted by atomic mass is 32.2. The zero-order valence-electron chi connectivity index (χ0n) is 7.31. The molecule has 10 heavy (non-hydrogen) atoms. The molecule has 0 saturated heterocycles. The largest absolute Gasteiger partial charge is 0.319 e. The Balaban J connectivity index is 2.97. The van der Waals surface area contributed by atoms with Gasteiger partial charge in [0.2, 0.25) is 0 Å². The lowest BCUT2D eigenvalue weighted by Gasteiger charge is -2.08. The number of rotatable bonds is 6. The van der Waals surface area contributed by atoms with E-state index in [-0.39, 0.29) is 0 Å². The van der Waals surface area contributed by atoms with Crippen molar-refractivity contribution in [2.75, 3.05) is 25.1 Å². The third-order valence-corrected chi connectivity index (χ3v) is 2.44. The third kappa shape index (κ3) is 6.43. The molecule has 62 valence electrons. The number of hydrogen-bond acceptors (Lipinski definition) is 2. The van der Waals surface area contributed by atoms with Gasteiger partial charge in [-0.15, -0.1) is 0 Å². The molecule has 0 heterocycles. The molecule has 2 heteroatoms. The third-order valence-electron chi connectivity index (χ3n) is 1.51. The van der Waals surface area contributed by atoms with Crippen LogP contribution in [-0.4, -0.2) is 25.1 Å². The summed E-state index contributed by atoms with van der Waals surface area (Å²) < 4.78 is 0. The van der Waals surface area contributed by atoms with E-state index in [4.69, 9.17) is 0 Å².